The molecule has 0 aromatic heterocycles. The Bertz CT molecular complexity index is 216. The van der Waals surface area contributed by atoms with Gasteiger partial charge in [0.2, 0.25) is 5.91 Å². The molecule has 1 aliphatic rings. The van der Waals surface area contributed by atoms with Gasteiger partial charge in [0.05, 0.1) is 6.61 Å². The fraction of sp³-hybridized carbons (Fsp3) is 0.917. The van der Waals surface area contributed by atoms with Gasteiger partial charge in [0.1, 0.15) is 6.61 Å². The van der Waals surface area contributed by atoms with E-state index >= 15 is 0 Å². The molecule has 0 aromatic carbocycles. The number of hydrogen-bond donors (Lipinski definition) is 1. The first-order valence-electron chi connectivity index (χ1n) is 6.34. The molecule has 0 spiro atoms. The van der Waals surface area contributed by atoms with Crippen molar-refractivity contribution in [3.8, 4) is 0 Å². The molecule has 1 rings (SSSR count). The van der Waals surface area contributed by atoms with Gasteiger partial charge in [0, 0.05) is 39.4 Å². The lowest BCUT2D eigenvalue weighted by molar-refractivity contribution is -0.126. The second-order valence-electron chi connectivity index (χ2n) is 4.31. The predicted molar refractivity (Wildman–Crippen MR) is 66.0 cm³/mol. The molecule has 1 N–H and O–H groups in total. The summed E-state index contributed by atoms with van der Waals surface area (Å²) in [4.78, 5) is 13.8. The average molecular weight is 244 g/mol. The molecule has 0 unspecified atom stereocenters. The van der Waals surface area contributed by atoms with Gasteiger partial charge in [-0.25, -0.2) is 0 Å². The van der Waals surface area contributed by atoms with Gasteiger partial charge in [-0.2, -0.15) is 0 Å². The van der Waals surface area contributed by atoms with Gasteiger partial charge in [0.25, 0.3) is 0 Å². The van der Waals surface area contributed by atoms with E-state index in [9.17, 15) is 4.79 Å². The first kappa shape index (κ1) is 14.4. The van der Waals surface area contributed by atoms with Crippen LogP contribution in [0.3, 0.4) is 0 Å². The Balaban J connectivity index is 2.12. The van der Waals surface area contributed by atoms with E-state index in [1.54, 1.807) is 7.11 Å². The molecule has 1 amide bonds. The van der Waals surface area contributed by atoms with E-state index in [0.717, 1.165) is 39.1 Å². The first-order valence-corrected chi connectivity index (χ1v) is 6.34. The molecule has 1 aliphatic heterocycles. The van der Waals surface area contributed by atoms with E-state index in [1.165, 1.54) is 0 Å². The average Bonchev–Trinajstić information content (AvgIpc) is 2.35. The third-order valence-electron chi connectivity index (χ3n) is 3.00. The SMILES string of the molecule is CCOCC(=O)NC1CCN(CCOC)CC1. The maximum absolute atomic E-state index is 11.5. The number of carbonyl (C=O) groups is 1. The van der Waals surface area contributed by atoms with Gasteiger partial charge >= 0.3 is 0 Å². The van der Waals surface area contributed by atoms with Crippen LogP contribution in [-0.4, -0.2) is 63.4 Å². The Labute approximate surface area is 103 Å². The summed E-state index contributed by atoms with van der Waals surface area (Å²) < 4.78 is 10.1. The summed E-state index contributed by atoms with van der Waals surface area (Å²) in [7, 11) is 1.72. The van der Waals surface area contributed by atoms with Crippen molar-refractivity contribution in [1.29, 1.82) is 0 Å². The summed E-state index contributed by atoms with van der Waals surface area (Å²) in [5, 5.41) is 3.01. The van der Waals surface area contributed by atoms with E-state index in [4.69, 9.17) is 9.47 Å². The van der Waals surface area contributed by atoms with Gasteiger partial charge in [-0.1, -0.05) is 0 Å². The minimum absolute atomic E-state index is 0.00203. The minimum Gasteiger partial charge on any atom is -0.383 e. The number of methoxy groups -OCH3 is 1. The fourth-order valence-corrected chi connectivity index (χ4v) is 1.99. The van der Waals surface area contributed by atoms with Gasteiger partial charge in [-0.15, -0.1) is 0 Å². The Morgan fingerprint density at radius 1 is 1.41 bits per heavy atom. The van der Waals surface area contributed by atoms with Crippen LogP contribution in [0.25, 0.3) is 0 Å². The van der Waals surface area contributed by atoms with Gasteiger partial charge < -0.3 is 19.7 Å². The summed E-state index contributed by atoms with van der Waals surface area (Å²) in [6.45, 7) is 6.48. The van der Waals surface area contributed by atoms with E-state index in [0.29, 0.717) is 12.6 Å². The van der Waals surface area contributed by atoms with Gasteiger partial charge in [-0.3, -0.25) is 4.79 Å². The van der Waals surface area contributed by atoms with Crippen LogP contribution in [0.1, 0.15) is 19.8 Å². The highest BCUT2D eigenvalue weighted by Gasteiger charge is 2.20. The number of amides is 1. The molecule has 0 atom stereocenters. The molecule has 5 heteroatoms. The molecule has 1 fully saturated rings. The minimum atomic E-state index is 0.00203. The van der Waals surface area contributed by atoms with Crippen LogP contribution < -0.4 is 5.32 Å². The number of nitrogens with one attached hydrogen (secondary N) is 1. The summed E-state index contributed by atoms with van der Waals surface area (Å²) in [5.41, 5.74) is 0. The molecule has 1 heterocycles. The third-order valence-corrected chi connectivity index (χ3v) is 3.00. The van der Waals surface area contributed by atoms with E-state index in [2.05, 4.69) is 10.2 Å². The monoisotopic (exact) mass is 244 g/mol. The molecule has 0 saturated carbocycles. The van der Waals surface area contributed by atoms with E-state index in [-0.39, 0.29) is 12.5 Å². The Hall–Kier alpha value is -0.650. The molecule has 17 heavy (non-hydrogen) atoms. The van der Waals surface area contributed by atoms with Crippen molar-refractivity contribution in [2.24, 2.45) is 0 Å². The largest absolute Gasteiger partial charge is 0.383 e. The fourth-order valence-electron chi connectivity index (χ4n) is 1.99. The van der Waals surface area contributed by atoms with Crippen LogP contribution in [-0.2, 0) is 14.3 Å². The summed E-state index contributed by atoms with van der Waals surface area (Å²) in [6, 6.07) is 0.307. The predicted octanol–water partition coefficient (Wildman–Crippen LogP) is 0.250. The topological polar surface area (TPSA) is 50.8 Å². The van der Waals surface area contributed by atoms with Crippen LogP contribution in [0.15, 0.2) is 0 Å². The van der Waals surface area contributed by atoms with Crippen molar-refractivity contribution < 1.29 is 14.3 Å². The Morgan fingerprint density at radius 2 is 2.12 bits per heavy atom. The first-order chi connectivity index (χ1) is 8.26. The number of likely N-dealkylation sites (tertiary alicyclic amines) is 1. The van der Waals surface area contributed by atoms with Crippen molar-refractivity contribution in [2.45, 2.75) is 25.8 Å². The smallest absolute Gasteiger partial charge is 0.246 e. The second-order valence-corrected chi connectivity index (χ2v) is 4.31. The summed E-state index contributed by atoms with van der Waals surface area (Å²) in [5.74, 6) is 0.00203. The molecule has 0 radical (unpaired) electrons. The molecule has 0 aliphatic carbocycles. The molecule has 5 nitrogen and oxygen atoms in total. The lowest BCUT2D eigenvalue weighted by atomic mass is 10.1. The number of nitrogens with zero attached hydrogens (tertiary/aromatic N) is 1. The lowest BCUT2D eigenvalue weighted by Gasteiger charge is -2.32. The molecule has 100 valence electrons. The van der Waals surface area contributed by atoms with Gasteiger partial charge in [-0.05, 0) is 19.8 Å². The normalized spacial score (nSPS) is 18.2. The lowest BCUT2D eigenvalue weighted by Crippen LogP contribution is -2.46. The van der Waals surface area contributed by atoms with Crippen LogP contribution in [0.5, 0.6) is 0 Å². The zero-order chi connectivity index (χ0) is 12.5. The molecule has 0 aromatic rings. The van der Waals surface area contributed by atoms with Crippen molar-refractivity contribution in [3.63, 3.8) is 0 Å². The van der Waals surface area contributed by atoms with Crippen molar-refractivity contribution >= 4 is 5.91 Å². The van der Waals surface area contributed by atoms with Gasteiger partial charge in [0.15, 0.2) is 0 Å². The number of carbonyl (C=O) groups excluding carboxylic acids is 1. The third kappa shape index (κ3) is 6.00. The van der Waals surface area contributed by atoms with Crippen molar-refractivity contribution in [1.82, 2.24) is 10.2 Å². The quantitative estimate of drug-likeness (QED) is 0.697. The molecule has 1 saturated heterocycles. The zero-order valence-corrected chi connectivity index (χ0v) is 10.9. The second kappa shape index (κ2) is 8.44. The standard InChI is InChI=1S/C12H24N2O3/c1-3-17-10-12(15)13-11-4-6-14(7-5-11)8-9-16-2/h11H,3-10H2,1-2H3,(H,13,15). The zero-order valence-electron chi connectivity index (χ0n) is 10.9. The highest BCUT2D eigenvalue weighted by molar-refractivity contribution is 5.77. The van der Waals surface area contributed by atoms with Crippen LogP contribution in [0, 0.1) is 0 Å². The number of piperidine rings is 1. The maximum Gasteiger partial charge on any atom is 0.246 e. The van der Waals surface area contributed by atoms with Crippen molar-refractivity contribution in [2.75, 3.05) is 46.6 Å². The summed E-state index contributed by atoms with van der Waals surface area (Å²) in [6.07, 6.45) is 2.03. The van der Waals surface area contributed by atoms with E-state index in [1.807, 2.05) is 6.92 Å². The molecular weight excluding hydrogens is 220 g/mol. The maximum atomic E-state index is 11.5. The Kier molecular flexibility index (Phi) is 7.16. The highest BCUT2D eigenvalue weighted by atomic mass is 16.5. The molecular formula is C12H24N2O3. The van der Waals surface area contributed by atoms with Crippen molar-refractivity contribution in [3.05, 3.63) is 0 Å². The summed E-state index contributed by atoms with van der Waals surface area (Å²) >= 11 is 0. The highest BCUT2D eigenvalue weighted by Crippen LogP contribution is 2.09. The Morgan fingerprint density at radius 3 is 2.71 bits per heavy atom. The van der Waals surface area contributed by atoms with Crippen LogP contribution in [0.2, 0.25) is 0 Å². The number of hydrogen-bond acceptors (Lipinski definition) is 4. The van der Waals surface area contributed by atoms with E-state index < -0.39 is 0 Å². The van der Waals surface area contributed by atoms with Crippen LogP contribution >= 0.6 is 0 Å². The van der Waals surface area contributed by atoms with Crippen LogP contribution in [0.4, 0.5) is 0 Å². The number of rotatable bonds is 7. The molecule has 0 bridgehead atoms. The number of ether oxygens (including phenoxy) is 2.